The van der Waals surface area contributed by atoms with Gasteiger partial charge in [-0.05, 0) is 192 Å². The second-order valence-electron chi connectivity index (χ2n) is 25.5. The van der Waals surface area contributed by atoms with Gasteiger partial charge in [0.1, 0.15) is 0 Å². The molecule has 0 nitrogen and oxygen atoms in total. The van der Waals surface area contributed by atoms with Gasteiger partial charge in [-0.15, -0.1) is 0 Å². The molecule has 0 N–H and O–H groups in total. The molecule has 0 saturated carbocycles. The van der Waals surface area contributed by atoms with E-state index in [9.17, 15) is 0 Å². The molecule has 2 aliphatic carbocycles. The topological polar surface area (TPSA) is 0 Å². The van der Waals surface area contributed by atoms with E-state index in [0.29, 0.717) is 0 Å². The molecule has 78 heavy (non-hydrogen) atoms. The van der Waals surface area contributed by atoms with Crippen molar-refractivity contribution in [1.29, 1.82) is 0 Å². The Labute approximate surface area is 481 Å². The SMILES string of the molecule is CCCCCCCCCCc1ccc(C2(C)c3cc4c(cc3-c3c(CCCCCC)ccc(CCCCCC)c32)C(C)(c2ccc(CCCCCCCCCC)cc2)c2c(CCCCCC)ccc(CCCCCC)c2-4)cc1. The zero-order valence-electron chi connectivity index (χ0n) is 52.0. The van der Waals surface area contributed by atoms with E-state index in [1.165, 1.54) is 252 Å². The van der Waals surface area contributed by atoms with Gasteiger partial charge in [-0.3, -0.25) is 0 Å². The summed E-state index contributed by atoms with van der Waals surface area (Å²) in [5, 5.41) is 0. The number of unbranched alkanes of at least 4 members (excludes halogenated alkanes) is 26. The molecule has 5 aromatic rings. The second-order valence-corrected chi connectivity index (χ2v) is 25.5. The zero-order chi connectivity index (χ0) is 55.0. The van der Waals surface area contributed by atoms with E-state index in [1.807, 2.05) is 0 Å². The predicted octanol–water partition coefficient (Wildman–Crippen LogP) is 24.2. The maximum Gasteiger partial charge on any atom is 0.0438 e. The molecular weight excluding hydrogens is 937 g/mol. The molecular formula is C78H114. The summed E-state index contributed by atoms with van der Waals surface area (Å²) in [7, 11) is 0. The Morgan fingerprint density at radius 3 is 0.808 bits per heavy atom. The first-order chi connectivity index (χ1) is 38.3. The standard InChI is InChI=1S/C78H114/c1-9-15-21-27-29-31-33-35-41-61-47-55-67(56-48-61)77(7)71-59-70-72(60-69(71)73-63(43-37-23-17-11-3)51-53-65(75(73)77)45-39-25-19-13-5)78(8,68-57-49-62(50-58-68)42-36-34-32-30-28-22-16-10-2)76-66(46-40-26-20-14-6)54-52-64(74(70)76)44-38-24-18-12-4/h47-60H,9-46H2,1-8H3. The largest absolute Gasteiger partial charge is 0.0654 e. The summed E-state index contributed by atoms with van der Waals surface area (Å²) in [5.41, 5.74) is 24.5. The highest BCUT2D eigenvalue weighted by atomic mass is 14.5. The summed E-state index contributed by atoms with van der Waals surface area (Å²) in [5.74, 6) is 0. The average molecular weight is 1050 g/mol. The van der Waals surface area contributed by atoms with E-state index in [2.05, 4.69) is 140 Å². The molecule has 7 rings (SSSR count). The molecule has 0 saturated heterocycles. The number of aryl methyl sites for hydroxylation is 6. The van der Waals surface area contributed by atoms with E-state index >= 15 is 0 Å². The maximum atomic E-state index is 2.83. The van der Waals surface area contributed by atoms with Crippen LogP contribution in [-0.4, -0.2) is 0 Å². The predicted molar refractivity (Wildman–Crippen MR) is 345 cm³/mol. The Morgan fingerprint density at radius 2 is 0.500 bits per heavy atom. The van der Waals surface area contributed by atoms with E-state index in [0.717, 1.165) is 25.7 Å². The third-order valence-electron chi connectivity index (χ3n) is 19.4. The van der Waals surface area contributed by atoms with Crippen LogP contribution in [-0.2, 0) is 49.4 Å². The maximum absolute atomic E-state index is 2.83. The van der Waals surface area contributed by atoms with E-state index < -0.39 is 0 Å². The van der Waals surface area contributed by atoms with Gasteiger partial charge >= 0.3 is 0 Å². The lowest BCUT2D eigenvalue weighted by Gasteiger charge is -2.32. The minimum Gasteiger partial charge on any atom is -0.0654 e. The molecule has 0 amide bonds. The van der Waals surface area contributed by atoms with Gasteiger partial charge in [-0.25, -0.2) is 0 Å². The van der Waals surface area contributed by atoms with E-state index in [-0.39, 0.29) is 10.8 Å². The Morgan fingerprint density at radius 1 is 0.256 bits per heavy atom. The number of fused-ring (bicyclic) bond motifs is 6. The number of hydrogen-bond donors (Lipinski definition) is 0. The van der Waals surface area contributed by atoms with Crippen molar-refractivity contribution in [2.75, 3.05) is 0 Å². The van der Waals surface area contributed by atoms with Crippen LogP contribution in [0.2, 0.25) is 0 Å². The fourth-order valence-corrected chi connectivity index (χ4v) is 14.6. The number of rotatable bonds is 40. The molecule has 0 aromatic heterocycles. The first-order valence-corrected chi connectivity index (χ1v) is 34.0. The molecule has 2 aliphatic rings. The molecule has 2 unspecified atom stereocenters. The molecule has 0 aliphatic heterocycles. The minimum atomic E-state index is -0.258. The van der Waals surface area contributed by atoms with Gasteiger partial charge in [0.05, 0.1) is 0 Å². The highest BCUT2D eigenvalue weighted by molar-refractivity contribution is 5.94. The van der Waals surface area contributed by atoms with Gasteiger partial charge in [-0.1, -0.05) is 281 Å². The van der Waals surface area contributed by atoms with Gasteiger partial charge in [-0.2, -0.15) is 0 Å². The van der Waals surface area contributed by atoms with Gasteiger partial charge in [0.15, 0.2) is 0 Å². The van der Waals surface area contributed by atoms with Gasteiger partial charge in [0.25, 0.3) is 0 Å². The molecule has 0 heterocycles. The highest BCUT2D eigenvalue weighted by Gasteiger charge is 2.49. The van der Waals surface area contributed by atoms with Crippen molar-refractivity contribution >= 4 is 0 Å². The van der Waals surface area contributed by atoms with Gasteiger partial charge in [0, 0.05) is 10.8 Å². The Kier molecular flexibility index (Phi) is 25.7. The lowest BCUT2D eigenvalue weighted by Crippen LogP contribution is -2.25. The molecule has 0 fully saturated rings. The average Bonchev–Trinajstić information content (AvgIpc) is 4.07. The summed E-state index contributed by atoms with van der Waals surface area (Å²) in [6.07, 6.45) is 49.6. The van der Waals surface area contributed by atoms with Crippen molar-refractivity contribution in [2.24, 2.45) is 0 Å². The summed E-state index contributed by atoms with van der Waals surface area (Å²) in [6.45, 7) is 19.4. The van der Waals surface area contributed by atoms with Crippen molar-refractivity contribution < 1.29 is 0 Å². The molecule has 426 valence electrons. The Bertz CT molecular complexity index is 2340. The second kappa shape index (κ2) is 32.5. The van der Waals surface area contributed by atoms with Crippen LogP contribution in [0.1, 0.15) is 328 Å². The first-order valence-electron chi connectivity index (χ1n) is 34.0. The van der Waals surface area contributed by atoms with E-state index in [4.69, 9.17) is 0 Å². The van der Waals surface area contributed by atoms with Crippen LogP contribution < -0.4 is 0 Å². The fraction of sp³-hybridized carbons (Fsp3) is 0.615. The monoisotopic (exact) mass is 1050 g/mol. The molecule has 0 bridgehead atoms. The molecule has 0 heteroatoms. The van der Waals surface area contributed by atoms with E-state index in [1.54, 1.807) is 55.6 Å². The van der Waals surface area contributed by atoms with Crippen LogP contribution in [0.3, 0.4) is 0 Å². The number of benzene rings is 5. The summed E-state index contributed by atoms with van der Waals surface area (Å²) in [6, 6.07) is 36.6. The van der Waals surface area contributed by atoms with Crippen LogP contribution in [0.25, 0.3) is 22.3 Å². The molecule has 0 spiro atoms. The quantitative estimate of drug-likeness (QED) is 0.0343. The van der Waals surface area contributed by atoms with Crippen LogP contribution in [0.15, 0.2) is 84.9 Å². The number of hydrogen-bond acceptors (Lipinski definition) is 0. The first kappa shape index (κ1) is 61.7. The summed E-state index contributed by atoms with van der Waals surface area (Å²) in [4.78, 5) is 0. The lowest BCUT2D eigenvalue weighted by molar-refractivity contribution is 0.575. The highest BCUT2D eigenvalue weighted by Crippen LogP contribution is 2.62. The van der Waals surface area contributed by atoms with Crippen molar-refractivity contribution in [3.8, 4) is 22.3 Å². The van der Waals surface area contributed by atoms with Crippen molar-refractivity contribution in [3.05, 3.63) is 152 Å². The summed E-state index contributed by atoms with van der Waals surface area (Å²) >= 11 is 0. The zero-order valence-corrected chi connectivity index (χ0v) is 52.0. The van der Waals surface area contributed by atoms with Crippen LogP contribution in [0.4, 0.5) is 0 Å². The lowest BCUT2D eigenvalue weighted by atomic mass is 9.70. The normalized spacial score (nSPS) is 16.2. The molecule has 5 aromatic carbocycles. The van der Waals surface area contributed by atoms with Crippen molar-refractivity contribution in [2.45, 2.75) is 310 Å². The third-order valence-corrected chi connectivity index (χ3v) is 19.4. The summed E-state index contributed by atoms with van der Waals surface area (Å²) < 4.78 is 0. The van der Waals surface area contributed by atoms with Crippen LogP contribution in [0.5, 0.6) is 0 Å². The molecule has 2 atom stereocenters. The fourth-order valence-electron chi connectivity index (χ4n) is 14.6. The van der Waals surface area contributed by atoms with Crippen molar-refractivity contribution in [3.63, 3.8) is 0 Å². The van der Waals surface area contributed by atoms with Gasteiger partial charge < -0.3 is 0 Å². The third kappa shape index (κ3) is 15.3. The Hall–Kier alpha value is -3.90. The van der Waals surface area contributed by atoms with Crippen LogP contribution in [0, 0.1) is 0 Å². The Balaban J connectivity index is 1.39. The smallest absolute Gasteiger partial charge is 0.0438 e. The minimum absolute atomic E-state index is 0.258. The molecule has 0 radical (unpaired) electrons. The van der Waals surface area contributed by atoms with Crippen LogP contribution >= 0.6 is 0 Å². The van der Waals surface area contributed by atoms with Gasteiger partial charge in [0.2, 0.25) is 0 Å². The van der Waals surface area contributed by atoms with Crippen molar-refractivity contribution in [1.82, 2.24) is 0 Å².